The maximum absolute atomic E-state index is 13.2. The van der Waals surface area contributed by atoms with Gasteiger partial charge in [-0.05, 0) is 49.9 Å². The van der Waals surface area contributed by atoms with Crippen molar-refractivity contribution in [3.63, 3.8) is 0 Å². The lowest BCUT2D eigenvalue weighted by molar-refractivity contribution is -0.122. The first-order valence-electron chi connectivity index (χ1n) is 10.0. The number of carbonyl (C=O) groups is 1. The van der Waals surface area contributed by atoms with Gasteiger partial charge in [0.25, 0.3) is 0 Å². The van der Waals surface area contributed by atoms with Gasteiger partial charge in [0.2, 0.25) is 15.9 Å². The summed E-state index contributed by atoms with van der Waals surface area (Å²) in [5.41, 5.74) is 0. The van der Waals surface area contributed by atoms with Gasteiger partial charge in [0.15, 0.2) is 0 Å². The van der Waals surface area contributed by atoms with Gasteiger partial charge < -0.3 is 5.32 Å². The van der Waals surface area contributed by atoms with Crippen molar-refractivity contribution in [3.8, 4) is 0 Å². The molecule has 0 aromatic heterocycles. The van der Waals surface area contributed by atoms with Crippen LogP contribution in [0.2, 0.25) is 0 Å². The zero-order chi connectivity index (χ0) is 19.3. The fourth-order valence-electron chi connectivity index (χ4n) is 4.18. The van der Waals surface area contributed by atoms with Crippen LogP contribution in [0.1, 0.15) is 64.2 Å². The molecule has 150 valence electrons. The third kappa shape index (κ3) is 5.29. The van der Waals surface area contributed by atoms with Crippen LogP contribution in [0.15, 0.2) is 29.2 Å². The molecule has 0 saturated heterocycles. The largest absolute Gasteiger partial charge is 0.352 e. The van der Waals surface area contributed by atoms with Crippen molar-refractivity contribution in [2.24, 2.45) is 0 Å². The molecule has 5 nitrogen and oxygen atoms in total. The SMILES string of the molecule is O=C(CN(C1CCCCC1)S(=O)(=O)c1ccc(F)cc1)NC1CCCCC1. The number of halogens is 1. The molecule has 1 aromatic rings. The number of nitrogens with zero attached hydrogens (tertiary/aromatic N) is 1. The molecule has 3 rings (SSSR count). The highest BCUT2D eigenvalue weighted by atomic mass is 32.2. The summed E-state index contributed by atoms with van der Waals surface area (Å²) in [5.74, 6) is -0.716. The minimum Gasteiger partial charge on any atom is -0.352 e. The van der Waals surface area contributed by atoms with Crippen LogP contribution in [0, 0.1) is 5.82 Å². The summed E-state index contributed by atoms with van der Waals surface area (Å²) in [4.78, 5) is 12.7. The van der Waals surface area contributed by atoms with Gasteiger partial charge in [-0.2, -0.15) is 4.31 Å². The topological polar surface area (TPSA) is 66.5 Å². The lowest BCUT2D eigenvalue weighted by atomic mass is 9.95. The van der Waals surface area contributed by atoms with E-state index in [-0.39, 0.29) is 29.4 Å². The zero-order valence-corrected chi connectivity index (χ0v) is 16.5. The van der Waals surface area contributed by atoms with Crippen LogP contribution in [0.4, 0.5) is 4.39 Å². The normalized spacial score (nSPS) is 19.9. The molecule has 0 atom stereocenters. The van der Waals surface area contributed by atoms with Crippen molar-refractivity contribution in [1.29, 1.82) is 0 Å². The number of rotatable bonds is 6. The number of amides is 1. The smallest absolute Gasteiger partial charge is 0.243 e. The van der Waals surface area contributed by atoms with Crippen molar-refractivity contribution in [2.75, 3.05) is 6.54 Å². The molecule has 0 heterocycles. The molecule has 2 aliphatic carbocycles. The molecular weight excluding hydrogens is 367 g/mol. The van der Waals surface area contributed by atoms with Crippen LogP contribution >= 0.6 is 0 Å². The Hall–Kier alpha value is -1.47. The first kappa shape index (κ1) is 20.3. The van der Waals surface area contributed by atoms with Gasteiger partial charge in [-0.15, -0.1) is 0 Å². The second kappa shape index (κ2) is 9.15. The predicted octanol–water partition coefficient (Wildman–Crippen LogP) is 3.60. The van der Waals surface area contributed by atoms with Crippen molar-refractivity contribution in [1.82, 2.24) is 9.62 Å². The maximum atomic E-state index is 13.2. The number of benzene rings is 1. The summed E-state index contributed by atoms with van der Waals surface area (Å²) in [5, 5.41) is 3.02. The van der Waals surface area contributed by atoms with Gasteiger partial charge >= 0.3 is 0 Å². The van der Waals surface area contributed by atoms with Crippen molar-refractivity contribution in [2.45, 2.75) is 81.2 Å². The summed E-state index contributed by atoms with van der Waals surface area (Å²) >= 11 is 0. The van der Waals surface area contributed by atoms with Crippen LogP contribution in [0.3, 0.4) is 0 Å². The molecular formula is C20H29FN2O3S. The van der Waals surface area contributed by atoms with Gasteiger partial charge in [-0.1, -0.05) is 38.5 Å². The molecule has 2 fully saturated rings. The zero-order valence-electron chi connectivity index (χ0n) is 15.7. The van der Waals surface area contributed by atoms with Crippen LogP contribution in [-0.2, 0) is 14.8 Å². The predicted molar refractivity (Wildman–Crippen MR) is 102 cm³/mol. The highest BCUT2D eigenvalue weighted by Crippen LogP contribution is 2.28. The fourth-order valence-corrected chi connectivity index (χ4v) is 5.82. The van der Waals surface area contributed by atoms with Crippen LogP contribution in [0.5, 0.6) is 0 Å². The van der Waals surface area contributed by atoms with Crippen molar-refractivity contribution < 1.29 is 17.6 Å². The Morgan fingerprint density at radius 3 is 2.11 bits per heavy atom. The monoisotopic (exact) mass is 396 g/mol. The Labute approximate surface area is 161 Å². The Bertz CT molecular complexity index is 724. The Morgan fingerprint density at radius 2 is 1.52 bits per heavy atom. The van der Waals surface area contributed by atoms with E-state index in [4.69, 9.17) is 0 Å². The molecule has 0 bridgehead atoms. The van der Waals surface area contributed by atoms with Crippen molar-refractivity contribution in [3.05, 3.63) is 30.1 Å². The quantitative estimate of drug-likeness (QED) is 0.799. The fraction of sp³-hybridized carbons (Fsp3) is 0.650. The molecule has 0 unspecified atom stereocenters. The van der Waals surface area contributed by atoms with E-state index in [9.17, 15) is 17.6 Å². The Morgan fingerprint density at radius 1 is 0.963 bits per heavy atom. The maximum Gasteiger partial charge on any atom is 0.243 e. The summed E-state index contributed by atoms with van der Waals surface area (Å²) in [6.45, 7) is -0.166. The van der Waals surface area contributed by atoms with Crippen LogP contribution < -0.4 is 5.32 Å². The minimum absolute atomic E-state index is 0.0416. The average molecular weight is 397 g/mol. The van der Waals surface area contributed by atoms with Gasteiger partial charge in [0.1, 0.15) is 5.82 Å². The molecule has 0 spiro atoms. The average Bonchev–Trinajstić information content (AvgIpc) is 2.68. The molecule has 1 N–H and O–H groups in total. The van der Waals surface area contributed by atoms with Gasteiger partial charge in [-0.3, -0.25) is 4.79 Å². The number of carbonyl (C=O) groups excluding carboxylic acids is 1. The lowest BCUT2D eigenvalue weighted by Gasteiger charge is -2.33. The van der Waals surface area contributed by atoms with E-state index >= 15 is 0 Å². The third-order valence-corrected chi connectivity index (χ3v) is 7.58. The van der Waals surface area contributed by atoms with Crippen LogP contribution in [-0.4, -0.2) is 37.3 Å². The van der Waals surface area contributed by atoms with Gasteiger partial charge in [0, 0.05) is 12.1 Å². The number of hydrogen-bond acceptors (Lipinski definition) is 3. The van der Waals surface area contributed by atoms with E-state index < -0.39 is 15.8 Å². The lowest BCUT2D eigenvalue weighted by Crippen LogP contribution is -2.49. The summed E-state index contributed by atoms with van der Waals surface area (Å²) < 4.78 is 41.0. The van der Waals surface area contributed by atoms with E-state index in [2.05, 4.69) is 5.32 Å². The second-order valence-electron chi connectivity index (χ2n) is 7.70. The standard InChI is InChI=1S/C20H29FN2O3S/c21-16-11-13-19(14-12-16)27(25,26)23(18-9-5-2-6-10-18)15-20(24)22-17-7-3-1-4-8-17/h11-14,17-18H,1-10,15H2,(H,22,24). The molecule has 27 heavy (non-hydrogen) atoms. The number of nitrogens with one attached hydrogen (secondary N) is 1. The number of hydrogen-bond donors (Lipinski definition) is 1. The van der Waals surface area contributed by atoms with Crippen LogP contribution in [0.25, 0.3) is 0 Å². The first-order chi connectivity index (χ1) is 13.0. The van der Waals surface area contributed by atoms with E-state index in [1.807, 2.05) is 0 Å². The number of sulfonamides is 1. The summed E-state index contributed by atoms with van der Waals surface area (Å²) in [6.07, 6.45) is 9.85. The molecule has 0 aliphatic heterocycles. The van der Waals surface area contributed by atoms with Crippen molar-refractivity contribution >= 4 is 15.9 Å². The molecule has 2 saturated carbocycles. The molecule has 1 aromatic carbocycles. The highest BCUT2D eigenvalue weighted by molar-refractivity contribution is 7.89. The van der Waals surface area contributed by atoms with E-state index in [0.29, 0.717) is 0 Å². The van der Waals surface area contributed by atoms with E-state index in [1.165, 1.54) is 22.9 Å². The molecule has 2 aliphatic rings. The highest BCUT2D eigenvalue weighted by Gasteiger charge is 2.34. The Balaban J connectivity index is 1.77. The third-order valence-electron chi connectivity index (χ3n) is 5.67. The van der Waals surface area contributed by atoms with Gasteiger partial charge in [-0.25, -0.2) is 12.8 Å². The Kier molecular flexibility index (Phi) is 6.87. The summed E-state index contributed by atoms with van der Waals surface area (Å²) in [6, 6.07) is 4.82. The first-order valence-corrected chi connectivity index (χ1v) is 11.5. The summed E-state index contributed by atoms with van der Waals surface area (Å²) in [7, 11) is -3.85. The van der Waals surface area contributed by atoms with E-state index in [1.54, 1.807) is 0 Å². The molecule has 1 amide bonds. The minimum atomic E-state index is -3.85. The van der Waals surface area contributed by atoms with E-state index in [0.717, 1.165) is 69.9 Å². The van der Waals surface area contributed by atoms with Gasteiger partial charge in [0.05, 0.1) is 11.4 Å². The second-order valence-corrected chi connectivity index (χ2v) is 9.59. The molecule has 7 heteroatoms. The molecule has 0 radical (unpaired) electrons.